The number of carbonyl (C=O) groups is 1. The van der Waals surface area contributed by atoms with Crippen molar-refractivity contribution in [3.05, 3.63) is 51.7 Å². The maximum atomic E-state index is 14.6. The van der Waals surface area contributed by atoms with Gasteiger partial charge in [-0.15, -0.1) is 0 Å². The normalized spacial score (nSPS) is 14.4. The zero-order chi connectivity index (χ0) is 23.4. The van der Waals surface area contributed by atoms with E-state index < -0.39 is 0 Å². The molecule has 1 aromatic carbocycles. The fraction of sp³-hybridized carbons (Fsp3) is 0.542. The molecule has 1 fully saturated rings. The minimum atomic E-state index is -0.325. The molecule has 1 saturated heterocycles. The van der Waals surface area contributed by atoms with Crippen LogP contribution >= 0.6 is 11.6 Å². The Balaban J connectivity index is 1.95. The lowest BCUT2D eigenvalue weighted by Crippen LogP contribution is -2.53. The second kappa shape index (κ2) is 10.5. The van der Waals surface area contributed by atoms with E-state index in [1.165, 1.54) is 6.07 Å². The smallest absolute Gasteiger partial charge is 0.317 e. The molecular weight excluding hydrogens is 429 g/mol. The van der Waals surface area contributed by atoms with E-state index >= 15 is 0 Å². The van der Waals surface area contributed by atoms with Crippen molar-refractivity contribution in [2.24, 2.45) is 0 Å². The first kappa shape index (κ1) is 24.2. The summed E-state index contributed by atoms with van der Waals surface area (Å²) in [7, 11) is 0. The molecule has 1 aliphatic heterocycles. The SMILES string of the molecule is CCc1nc(C(C)C)nc(N2CCN(C(=O)NC(C)C)CC2)c1Cc1c(F)cccc1Cl. The van der Waals surface area contributed by atoms with E-state index in [4.69, 9.17) is 21.6 Å². The molecule has 2 aromatic rings. The van der Waals surface area contributed by atoms with Crippen LogP contribution in [0, 0.1) is 5.82 Å². The standard InChI is InChI=1S/C24H33ClFN5O/c1-6-21-18(14-17-19(25)8-7-9-20(17)26)23(29-22(28-21)15(2)3)30-10-12-31(13-11-30)24(32)27-16(4)5/h7-9,15-16H,6,10-14H2,1-5H3,(H,27,32). The summed E-state index contributed by atoms with van der Waals surface area (Å²) in [6.45, 7) is 12.6. The number of aromatic nitrogens is 2. The van der Waals surface area contributed by atoms with E-state index in [9.17, 15) is 9.18 Å². The fourth-order valence-electron chi connectivity index (χ4n) is 3.87. The summed E-state index contributed by atoms with van der Waals surface area (Å²) in [6, 6.07) is 4.81. The number of hydrogen-bond acceptors (Lipinski definition) is 4. The lowest BCUT2D eigenvalue weighted by Gasteiger charge is -2.37. The van der Waals surface area contributed by atoms with Crippen LogP contribution in [0.3, 0.4) is 0 Å². The first-order chi connectivity index (χ1) is 15.2. The van der Waals surface area contributed by atoms with Crippen LogP contribution in [0.2, 0.25) is 5.02 Å². The average Bonchev–Trinajstić information content (AvgIpc) is 2.75. The largest absolute Gasteiger partial charge is 0.353 e. The molecule has 174 valence electrons. The molecule has 0 spiro atoms. The first-order valence-electron chi connectivity index (χ1n) is 11.3. The number of piperazine rings is 1. The molecule has 0 bridgehead atoms. The van der Waals surface area contributed by atoms with Gasteiger partial charge in [-0.05, 0) is 32.4 Å². The van der Waals surface area contributed by atoms with Crippen molar-refractivity contribution in [2.45, 2.75) is 59.4 Å². The molecule has 0 saturated carbocycles. The van der Waals surface area contributed by atoms with Crippen molar-refractivity contribution in [3.8, 4) is 0 Å². The van der Waals surface area contributed by atoms with Crippen LogP contribution in [0.5, 0.6) is 0 Å². The number of benzene rings is 1. The lowest BCUT2D eigenvalue weighted by molar-refractivity contribution is 0.191. The average molecular weight is 462 g/mol. The number of nitrogens with zero attached hydrogens (tertiary/aromatic N) is 4. The summed E-state index contributed by atoms with van der Waals surface area (Å²) in [6.07, 6.45) is 1.05. The number of nitrogens with one attached hydrogen (secondary N) is 1. The molecule has 2 amide bonds. The molecule has 32 heavy (non-hydrogen) atoms. The van der Waals surface area contributed by atoms with Crippen LogP contribution in [0.1, 0.15) is 63.2 Å². The van der Waals surface area contributed by atoms with Crippen LogP contribution < -0.4 is 10.2 Å². The number of amides is 2. The third-order valence-corrected chi connectivity index (χ3v) is 5.99. The van der Waals surface area contributed by atoms with E-state index in [1.807, 2.05) is 18.7 Å². The molecule has 0 unspecified atom stereocenters. The fourth-order valence-corrected chi connectivity index (χ4v) is 4.10. The topological polar surface area (TPSA) is 61.4 Å². The van der Waals surface area contributed by atoms with Crippen LogP contribution in [-0.2, 0) is 12.8 Å². The van der Waals surface area contributed by atoms with Gasteiger partial charge in [0.2, 0.25) is 0 Å². The van der Waals surface area contributed by atoms with Gasteiger partial charge in [0.05, 0.1) is 0 Å². The van der Waals surface area contributed by atoms with E-state index in [1.54, 1.807) is 12.1 Å². The Kier molecular flexibility index (Phi) is 7.93. The van der Waals surface area contributed by atoms with Crippen LogP contribution in [0.4, 0.5) is 15.0 Å². The Morgan fingerprint density at radius 1 is 1.12 bits per heavy atom. The molecule has 1 aliphatic rings. The zero-order valence-electron chi connectivity index (χ0n) is 19.6. The summed E-state index contributed by atoms with van der Waals surface area (Å²) < 4.78 is 14.6. The quantitative estimate of drug-likeness (QED) is 0.672. The minimum absolute atomic E-state index is 0.0437. The number of carbonyl (C=O) groups excluding carboxylic acids is 1. The van der Waals surface area contributed by atoms with Gasteiger partial charge in [0.1, 0.15) is 17.5 Å². The Labute approximate surface area is 195 Å². The molecule has 0 radical (unpaired) electrons. The van der Waals surface area contributed by atoms with E-state index in [0.717, 1.165) is 22.9 Å². The first-order valence-corrected chi connectivity index (χ1v) is 11.7. The second-order valence-corrected chi connectivity index (χ2v) is 9.20. The van der Waals surface area contributed by atoms with E-state index in [0.29, 0.717) is 49.6 Å². The number of rotatable bonds is 6. The van der Waals surface area contributed by atoms with Gasteiger partial charge in [-0.3, -0.25) is 0 Å². The maximum absolute atomic E-state index is 14.6. The number of anilines is 1. The van der Waals surface area contributed by atoms with Gasteiger partial charge >= 0.3 is 6.03 Å². The number of aryl methyl sites for hydroxylation is 1. The van der Waals surface area contributed by atoms with E-state index in [2.05, 4.69) is 31.0 Å². The summed E-state index contributed by atoms with van der Waals surface area (Å²) in [5.41, 5.74) is 2.28. The Bertz CT molecular complexity index is 937. The zero-order valence-corrected chi connectivity index (χ0v) is 20.3. The molecular formula is C24H33ClFN5O. The molecule has 3 rings (SSSR count). The number of hydrogen-bond donors (Lipinski definition) is 1. The highest BCUT2D eigenvalue weighted by atomic mass is 35.5. The lowest BCUT2D eigenvalue weighted by atomic mass is 10.0. The molecule has 0 aliphatic carbocycles. The summed E-state index contributed by atoms with van der Waals surface area (Å²) in [5, 5.41) is 3.36. The summed E-state index contributed by atoms with van der Waals surface area (Å²) in [4.78, 5) is 26.1. The van der Waals surface area contributed by atoms with Gasteiger partial charge in [-0.2, -0.15) is 0 Å². The van der Waals surface area contributed by atoms with Gasteiger partial charge in [0.25, 0.3) is 0 Å². The minimum Gasteiger partial charge on any atom is -0.353 e. The number of urea groups is 1. The van der Waals surface area contributed by atoms with Crippen LogP contribution in [0.15, 0.2) is 18.2 Å². The van der Waals surface area contributed by atoms with Crippen molar-refractivity contribution in [1.82, 2.24) is 20.2 Å². The number of halogens is 2. The Hall–Kier alpha value is -2.41. The van der Waals surface area contributed by atoms with Crippen molar-refractivity contribution in [3.63, 3.8) is 0 Å². The van der Waals surface area contributed by atoms with Crippen molar-refractivity contribution < 1.29 is 9.18 Å². The molecule has 0 atom stereocenters. The van der Waals surface area contributed by atoms with Gasteiger partial charge in [0.15, 0.2) is 0 Å². The monoisotopic (exact) mass is 461 g/mol. The Morgan fingerprint density at radius 3 is 2.38 bits per heavy atom. The van der Waals surface area contributed by atoms with Gasteiger partial charge in [-0.1, -0.05) is 38.4 Å². The predicted molar refractivity (Wildman–Crippen MR) is 127 cm³/mol. The maximum Gasteiger partial charge on any atom is 0.317 e. The van der Waals surface area contributed by atoms with Crippen molar-refractivity contribution in [1.29, 1.82) is 0 Å². The van der Waals surface area contributed by atoms with Gasteiger partial charge in [0, 0.05) is 66.4 Å². The molecule has 1 N–H and O–H groups in total. The highest BCUT2D eigenvalue weighted by molar-refractivity contribution is 6.31. The molecule has 2 heterocycles. The van der Waals surface area contributed by atoms with Crippen molar-refractivity contribution >= 4 is 23.4 Å². The van der Waals surface area contributed by atoms with Crippen LogP contribution in [-0.4, -0.2) is 53.1 Å². The van der Waals surface area contributed by atoms with Gasteiger partial charge < -0.3 is 15.1 Å². The van der Waals surface area contributed by atoms with Crippen LogP contribution in [0.25, 0.3) is 0 Å². The second-order valence-electron chi connectivity index (χ2n) is 8.79. The highest BCUT2D eigenvalue weighted by Gasteiger charge is 2.27. The van der Waals surface area contributed by atoms with Gasteiger partial charge in [-0.25, -0.2) is 19.2 Å². The third-order valence-electron chi connectivity index (χ3n) is 5.63. The molecule has 8 heteroatoms. The molecule has 6 nitrogen and oxygen atoms in total. The Morgan fingerprint density at radius 2 is 1.81 bits per heavy atom. The summed E-state index contributed by atoms with van der Waals surface area (Å²) >= 11 is 6.34. The van der Waals surface area contributed by atoms with E-state index in [-0.39, 0.29) is 23.8 Å². The summed E-state index contributed by atoms with van der Waals surface area (Å²) in [5.74, 6) is 1.45. The molecule has 1 aromatic heterocycles. The predicted octanol–water partition coefficient (Wildman–Crippen LogP) is 4.79. The third kappa shape index (κ3) is 5.49. The highest BCUT2D eigenvalue weighted by Crippen LogP contribution is 2.30. The van der Waals surface area contributed by atoms with Crippen molar-refractivity contribution in [2.75, 3.05) is 31.1 Å².